The summed E-state index contributed by atoms with van der Waals surface area (Å²) in [5, 5.41) is 8.08. The third-order valence-corrected chi connectivity index (χ3v) is 6.93. The van der Waals surface area contributed by atoms with Crippen LogP contribution >= 0.6 is 11.3 Å². The minimum Gasteiger partial charge on any atom is -0.352 e. The Morgan fingerprint density at radius 2 is 1.97 bits per heavy atom. The number of thiophene rings is 1. The molecular weight excluding hydrogens is 467 g/mol. The zero-order chi connectivity index (χ0) is 23.5. The number of H-pyrrole nitrogens is 2. The van der Waals surface area contributed by atoms with Crippen molar-refractivity contribution in [3.8, 4) is 33.3 Å². The molecular formula is C23H17FN10S. The minimum absolute atomic E-state index is 0.168. The summed E-state index contributed by atoms with van der Waals surface area (Å²) in [5.41, 5.74) is 10.7. The Morgan fingerprint density at radius 1 is 1.06 bits per heavy atom. The van der Waals surface area contributed by atoms with Crippen molar-refractivity contribution in [3.63, 3.8) is 0 Å². The fourth-order valence-corrected chi connectivity index (χ4v) is 5.02. The van der Waals surface area contributed by atoms with Crippen molar-refractivity contribution in [2.45, 2.75) is 6.04 Å². The van der Waals surface area contributed by atoms with E-state index in [2.05, 4.69) is 40.0 Å². The van der Waals surface area contributed by atoms with E-state index >= 15 is 0 Å². The largest absolute Gasteiger partial charge is 0.352 e. The Hall–Kier alpha value is -4.29. The molecule has 172 valence electrons. The van der Waals surface area contributed by atoms with E-state index in [1.165, 1.54) is 6.07 Å². The molecule has 0 radical (unpaired) electrons. The van der Waals surface area contributed by atoms with Gasteiger partial charge in [0.15, 0.2) is 16.6 Å². The molecule has 0 aliphatic carbocycles. The lowest BCUT2D eigenvalue weighted by Crippen LogP contribution is -2.56. The van der Waals surface area contributed by atoms with Crippen LogP contribution in [0.1, 0.15) is 0 Å². The number of hydrogen-bond acceptors (Lipinski definition) is 9. The molecule has 0 bridgehead atoms. The van der Waals surface area contributed by atoms with Crippen LogP contribution in [0, 0.1) is 5.13 Å². The van der Waals surface area contributed by atoms with Gasteiger partial charge in [-0.25, -0.2) is 15.0 Å². The zero-order valence-corrected chi connectivity index (χ0v) is 18.9. The summed E-state index contributed by atoms with van der Waals surface area (Å²) in [6.07, 6.45) is 6.81. The summed E-state index contributed by atoms with van der Waals surface area (Å²) in [5.74, 6) is 1.33. The topological polar surface area (TPSA) is 138 Å². The van der Waals surface area contributed by atoms with Crippen molar-refractivity contribution in [1.82, 2.24) is 40.1 Å². The first-order valence-corrected chi connectivity index (χ1v) is 11.7. The maximum absolute atomic E-state index is 13.6. The van der Waals surface area contributed by atoms with Crippen molar-refractivity contribution >= 4 is 39.2 Å². The van der Waals surface area contributed by atoms with Crippen LogP contribution in [0.5, 0.6) is 0 Å². The summed E-state index contributed by atoms with van der Waals surface area (Å²) < 4.78 is 13.6. The highest BCUT2D eigenvalue weighted by Crippen LogP contribution is 2.34. The molecule has 6 aromatic heterocycles. The van der Waals surface area contributed by atoms with Gasteiger partial charge in [0.05, 0.1) is 35.3 Å². The molecule has 0 amide bonds. The van der Waals surface area contributed by atoms with Gasteiger partial charge >= 0.3 is 0 Å². The van der Waals surface area contributed by atoms with Crippen LogP contribution in [0.4, 0.5) is 10.2 Å². The number of pyridine rings is 2. The molecule has 0 unspecified atom stereocenters. The summed E-state index contributed by atoms with van der Waals surface area (Å²) in [7, 11) is 0. The van der Waals surface area contributed by atoms with Gasteiger partial charge in [-0.1, -0.05) is 0 Å². The van der Waals surface area contributed by atoms with Crippen LogP contribution in [-0.2, 0) is 0 Å². The number of hydrogen-bond donors (Lipinski definition) is 3. The fourth-order valence-electron chi connectivity index (χ4n) is 4.26. The maximum atomic E-state index is 13.6. The number of nitrogens with zero attached hydrogens (tertiary/aromatic N) is 7. The van der Waals surface area contributed by atoms with Gasteiger partial charge in [0.2, 0.25) is 0 Å². The Morgan fingerprint density at radius 3 is 2.80 bits per heavy atom. The number of anilines is 1. The van der Waals surface area contributed by atoms with Crippen LogP contribution in [0.25, 0.3) is 55.4 Å². The lowest BCUT2D eigenvalue weighted by Gasteiger charge is -2.37. The van der Waals surface area contributed by atoms with Crippen LogP contribution in [0.2, 0.25) is 0 Å². The first-order valence-electron chi connectivity index (χ1n) is 10.9. The standard InChI is InChI=1S/C23H17FN10S/c24-18-2-1-17(35-18)12-3-4-27-22-20(12)30-23(31-22)21-13-5-14(28-7-15(13)32-33-21)16-6-26-8-19(29-16)34-9-11(25)10-34/h1-8,11H,9-10,25H2,(H,32,33)(H,27,30,31). The molecule has 0 atom stereocenters. The molecule has 1 fully saturated rings. The van der Waals surface area contributed by atoms with Crippen molar-refractivity contribution in [1.29, 1.82) is 0 Å². The van der Waals surface area contributed by atoms with Crippen LogP contribution < -0.4 is 10.6 Å². The lowest BCUT2D eigenvalue weighted by atomic mass is 10.1. The van der Waals surface area contributed by atoms with Gasteiger partial charge in [0.25, 0.3) is 0 Å². The lowest BCUT2D eigenvalue weighted by molar-refractivity contribution is 0.514. The quantitative estimate of drug-likeness (QED) is 0.346. The molecule has 7 heterocycles. The average Bonchev–Trinajstić information content (AvgIpc) is 3.59. The highest BCUT2D eigenvalue weighted by Gasteiger charge is 2.25. The number of halogens is 1. The SMILES string of the molecule is NC1CN(c2cncc(-c3cc4c(-c5nc6nccc(-c7ccc(F)s7)c6[nH]5)n[nH]c4cn3)n2)C1. The van der Waals surface area contributed by atoms with E-state index in [0.717, 1.165) is 57.1 Å². The molecule has 1 saturated heterocycles. The van der Waals surface area contributed by atoms with Gasteiger partial charge in [0.1, 0.15) is 17.2 Å². The first-order chi connectivity index (χ1) is 17.1. The minimum atomic E-state index is -0.243. The molecule has 12 heteroatoms. The van der Waals surface area contributed by atoms with Gasteiger partial charge in [-0.2, -0.15) is 9.49 Å². The summed E-state index contributed by atoms with van der Waals surface area (Å²) in [4.78, 5) is 28.9. The van der Waals surface area contributed by atoms with Gasteiger partial charge < -0.3 is 15.6 Å². The number of nitrogens with two attached hydrogens (primary N) is 1. The van der Waals surface area contributed by atoms with E-state index in [-0.39, 0.29) is 11.2 Å². The molecule has 0 aromatic carbocycles. The first kappa shape index (κ1) is 20.1. The second-order valence-corrected chi connectivity index (χ2v) is 9.40. The summed E-state index contributed by atoms with van der Waals surface area (Å²) in [6.45, 7) is 1.52. The predicted octanol–water partition coefficient (Wildman–Crippen LogP) is 3.37. The Labute approximate surface area is 201 Å². The zero-order valence-electron chi connectivity index (χ0n) is 18.1. The second kappa shape index (κ2) is 7.61. The van der Waals surface area contributed by atoms with E-state index in [1.54, 1.807) is 30.9 Å². The van der Waals surface area contributed by atoms with Crippen molar-refractivity contribution < 1.29 is 4.39 Å². The maximum Gasteiger partial charge on any atom is 0.178 e. The van der Waals surface area contributed by atoms with E-state index in [0.29, 0.717) is 28.6 Å². The van der Waals surface area contributed by atoms with Crippen molar-refractivity contribution in [2.24, 2.45) is 5.73 Å². The number of fused-ring (bicyclic) bond motifs is 2. The molecule has 4 N–H and O–H groups in total. The highest BCUT2D eigenvalue weighted by molar-refractivity contribution is 7.14. The third-order valence-electron chi connectivity index (χ3n) is 6.02. The molecule has 0 saturated carbocycles. The number of nitrogens with one attached hydrogen (secondary N) is 2. The molecule has 35 heavy (non-hydrogen) atoms. The average molecular weight is 485 g/mol. The van der Waals surface area contributed by atoms with E-state index in [4.69, 9.17) is 10.7 Å². The highest BCUT2D eigenvalue weighted by atomic mass is 32.1. The van der Waals surface area contributed by atoms with E-state index in [1.807, 2.05) is 12.1 Å². The Bertz CT molecular complexity index is 1710. The van der Waals surface area contributed by atoms with Gasteiger partial charge in [0, 0.05) is 41.2 Å². The molecule has 10 nitrogen and oxygen atoms in total. The molecule has 7 rings (SSSR count). The fraction of sp³-hybridized carbons (Fsp3) is 0.130. The summed E-state index contributed by atoms with van der Waals surface area (Å²) in [6, 6.07) is 7.13. The van der Waals surface area contributed by atoms with Crippen molar-refractivity contribution in [2.75, 3.05) is 18.0 Å². The molecule has 0 spiro atoms. The monoisotopic (exact) mass is 484 g/mol. The Kier molecular flexibility index (Phi) is 4.38. The van der Waals surface area contributed by atoms with Crippen LogP contribution in [0.15, 0.2) is 49.1 Å². The predicted molar refractivity (Wildman–Crippen MR) is 131 cm³/mol. The number of aromatic nitrogens is 8. The molecule has 6 aromatic rings. The Balaban J connectivity index is 1.31. The van der Waals surface area contributed by atoms with E-state index in [9.17, 15) is 4.39 Å². The number of rotatable bonds is 4. The van der Waals surface area contributed by atoms with Crippen molar-refractivity contribution in [3.05, 3.63) is 54.2 Å². The number of aromatic amines is 2. The normalized spacial score (nSPS) is 14.2. The third kappa shape index (κ3) is 3.33. The number of imidazole rings is 1. The summed E-state index contributed by atoms with van der Waals surface area (Å²) >= 11 is 1.08. The van der Waals surface area contributed by atoms with Gasteiger partial charge in [-0.3, -0.25) is 15.1 Å². The molecule has 1 aliphatic heterocycles. The van der Waals surface area contributed by atoms with Gasteiger partial charge in [-0.15, -0.1) is 11.3 Å². The van der Waals surface area contributed by atoms with Gasteiger partial charge in [-0.05, 0) is 24.3 Å². The van der Waals surface area contributed by atoms with Crippen LogP contribution in [0.3, 0.4) is 0 Å². The van der Waals surface area contributed by atoms with Crippen LogP contribution in [-0.4, -0.2) is 59.2 Å². The smallest absolute Gasteiger partial charge is 0.178 e. The second-order valence-electron chi connectivity index (χ2n) is 8.36. The molecule has 1 aliphatic rings. The van der Waals surface area contributed by atoms with E-state index < -0.39 is 0 Å².